The fraction of sp³-hybridized carbons (Fsp3) is 0. The maximum Gasteiger partial charge on any atom is 0.179 e. The van der Waals surface area contributed by atoms with E-state index in [2.05, 4.69) is 103 Å². The molecule has 0 bridgehead atoms. The molecule has 0 aliphatic rings. The Morgan fingerprint density at radius 2 is 0.590 bits per heavy atom. The molecule has 6 aromatic rings. The Labute approximate surface area is 230 Å². The minimum atomic E-state index is -2.76. The van der Waals surface area contributed by atoms with E-state index in [-0.39, 0.29) is 0 Å². The summed E-state index contributed by atoms with van der Waals surface area (Å²) >= 11 is 0. The van der Waals surface area contributed by atoms with Crippen molar-refractivity contribution in [3.63, 3.8) is 0 Å². The second-order valence-electron chi connectivity index (χ2n) is 9.37. The fourth-order valence-corrected chi connectivity index (χ4v) is 10.0. The number of hydrogen-bond acceptors (Lipinski definition) is 2. The van der Waals surface area contributed by atoms with Crippen LogP contribution >= 0.6 is 0 Å². The SMILES string of the molecule is c1ccc(Oc2cc(Oc3ccccc3)cc([Si](c3ccccc3)(c3ccccc3)c3ccccc3)c2)cc1. The van der Waals surface area contributed by atoms with Crippen LogP contribution in [0.1, 0.15) is 0 Å². The predicted octanol–water partition coefficient (Wildman–Crippen LogP) is 6.65. The molecule has 39 heavy (non-hydrogen) atoms. The van der Waals surface area contributed by atoms with E-state index >= 15 is 0 Å². The summed E-state index contributed by atoms with van der Waals surface area (Å²) in [4.78, 5) is 0. The van der Waals surface area contributed by atoms with E-state index in [0.717, 1.165) is 23.0 Å². The Hall–Kier alpha value is -4.86. The van der Waals surface area contributed by atoms with Crippen molar-refractivity contribution < 1.29 is 9.47 Å². The van der Waals surface area contributed by atoms with Crippen LogP contribution in [0.5, 0.6) is 23.0 Å². The number of ether oxygens (including phenoxy) is 2. The van der Waals surface area contributed by atoms with Crippen LogP contribution in [0, 0.1) is 0 Å². The van der Waals surface area contributed by atoms with Gasteiger partial charge in [-0.2, -0.15) is 0 Å². The lowest BCUT2D eigenvalue weighted by Crippen LogP contribution is -2.74. The zero-order valence-electron chi connectivity index (χ0n) is 21.5. The van der Waals surface area contributed by atoms with Crippen LogP contribution in [-0.2, 0) is 0 Å². The molecule has 2 nitrogen and oxygen atoms in total. The van der Waals surface area contributed by atoms with Gasteiger partial charge in [-0.05, 0) is 57.1 Å². The lowest BCUT2D eigenvalue weighted by atomic mass is 10.3. The van der Waals surface area contributed by atoms with Crippen LogP contribution in [0.2, 0.25) is 0 Å². The summed E-state index contributed by atoms with van der Waals surface area (Å²) in [5.74, 6) is 3.05. The van der Waals surface area contributed by atoms with E-state index in [1.165, 1.54) is 20.7 Å². The van der Waals surface area contributed by atoms with Gasteiger partial charge in [0.15, 0.2) is 8.07 Å². The van der Waals surface area contributed by atoms with Gasteiger partial charge in [-0.3, -0.25) is 0 Å². The van der Waals surface area contributed by atoms with Gasteiger partial charge in [0.1, 0.15) is 23.0 Å². The van der Waals surface area contributed by atoms with Gasteiger partial charge in [-0.25, -0.2) is 0 Å². The Morgan fingerprint density at radius 3 is 0.923 bits per heavy atom. The molecule has 0 saturated heterocycles. The second-order valence-corrected chi connectivity index (χ2v) is 13.2. The second kappa shape index (κ2) is 11.3. The minimum Gasteiger partial charge on any atom is -0.457 e. The van der Waals surface area contributed by atoms with Crippen molar-refractivity contribution in [2.75, 3.05) is 0 Å². The Bertz CT molecular complexity index is 1470. The fourth-order valence-electron chi connectivity index (χ4n) is 5.22. The molecule has 0 saturated carbocycles. The number of para-hydroxylation sites is 2. The predicted molar refractivity (Wildman–Crippen MR) is 163 cm³/mol. The topological polar surface area (TPSA) is 18.5 Å². The van der Waals surface area contributed by atoms with Gasteiger partial charge >= 0.3 is 0 Å². The van der Waals surface area contributed by atoms with E-state index in [0.29, 0.717) is 0 Å². The average molecular weight is 521 g/mol. The summed E-state index contributed by atoms with van der Waals surface area (Å²) in [5, 5.41) is 5.07. The molecular weight excluding hydrogens is 492 g/mol. The van der Waals surface area contributed by atoms with Gasteiger partial charge in [0.05, 0.1) is 0 Å². The number of rotatable bonds is 8. The molecule has 0 spiro atoms. The highest BCUT2D eigenvalue weighted by molar-refractivity contribution is 7.19. The van der Waals surface area contributed by atoms with Crippen molar-refractivity contribution >= 4 is 28.8 Å². The zero-order valence-corrected chi connectivity index (χ0v) is 22.5. The van der Waals surface area contributed by atoms with Crippen LogP contribution in [0.25, 0.3) is 0 Å². The number of benzene rings is 6. The zero-order chi connectivity index (χ0) is 26.3. The third-order valence-corrected chi connectivity index (χ3v) is 11.6. The Kier molecular flexibility index (Phi) is 7.06. The van der Waals surface area contributed by atoms with Crippen LogP contribution in [-0.4, -0.2) is 8.07 Å². The van der Waals surface area contributed by atoms with Crippen LogP contribution in [0.4, 0.5) is 0 Å². The van der Waals surface area contributed by atoms with Gasteiger partial charge < -0.3 is 9.47 Å². The lowest BCUT2D eigenvalue weighted by molar-refractivity contribution is 0.461. The summed E-state index contributed by atoms with van der Waals surface area (Å²) in [7, 11) is -2.76. The van der Waals surface area contributed by atoms with Gasteiger partial charge in [0, 0.05) is 6.07 Å². The Balaban J connectivity index is 1.63. The molecule has 6 rings (SSSR count). The minimum absolute atomic E-state index is 0.740. The van der Waals surface area contributed by atoms with Crippen molar-refractivity contribution in [2.24, 2.45) is 0 Å². The van der Waals surface area contributed by atoms with Crippen molar-refractivity contribution in [3.05, 3.63) is 170 Å². The summed E-state index contributed by atoms with van der Waals surface area (Å²) < 4.78 is 12.9. The summed E-state index contributed by atoms with van der Waals surface area (Å²) in [5.41, 5.74) is 0. The van der Waals surface area contributed by atoms with Crippen LogP contribution in [0.15, 0.2) is 170 Å². The lowest BCUT2D eigenvalue weighted by Gasteiger charge is -2.34. The van der Waals surface area contributed by atoms with Crippen molar-refractivity contribution in [1.29, 1.82) is 0 Å². The first kappa shape index (κ1) is 24.5. The number of hydrogen-bond donors (Lipinski definition) is 0. The third-order valence-electron chi connectivity index (χ3n) is 6.89. The monoisotopic (exact) mass is 520 g/mol. The molecule has 0 unspecified atom stereocenters. The van der Waals surface area contributed by atoms with E-state index in [4.69, 9.17) is 9.47 Å². The van der Waals surface area contributed by atoms with Crippen molar-refractivity contribution in [3.8, 4) is 23.0 Å². The molecule has 0 atom stereocenters. The average Bonchev–Trinajstić information content (AvgIpc) is 3.00. The first-order valence-electron chi connectivity index (χ1n) is 13.1. The van der Waals surface area contributed by atoms with Crippen molar-refractivity contribution in [2.45, 2.75) is 0 Å². The first-order valence-corrected chi connectivity index (χ1v) is 15.1. The molecule has 0 aliphatic carbocycles. The van der Waals surface area contributed by atoms with Crippen LogP contribution < -0.4 is 30.2 Å². The molecule has 3 heteroatoms. The normalized spacial score (nSPS) is 11.1. The van der Waals surface area contributed by atoms with Crippen molar-refractivity contribution in [1.82, 2.24) is 0 Å². The standard InChI is InChI=1S/C36H28O2Si/c1-6-16-29(17-7-1)37-31-26-32(38-30-18-8-2-9-19-30)28-36(27-31)39(33-20-10-3-11-21-33,34-22-12-4-13-23-34)35-24-14-5-15-25-35/h1-28H. The summed E-state index contributed by atoms with van der Waals surface area (Å²) in [6.45, 7) is 0. The molecule has 0 aromatic heterocycles. The maximum atomic E-state index is 6.44. The molecule has 188 valence electrons. The molecule has 0 radical (unpaired) electrons. The van der Waals surface area contributed by atoms with Crippen LogP contribution in [0.3, 0.4) is 0 Å². The van der Waals surface area contributed by atoms with E-state index in [1.54, 1.807) is 0 Å². The molecule has 6 aromatic carbocycles. The van der Waals surface area contributed by atoms with E-state index < -0.39 is 8.07 Å². The molecule has 0 heterocycles. The van der Waals surface area contributed by atoms with Gasteiger partial charge in [-0.15, -0.1) is 0 Å². The third kappa shape index (κ3) is 5.13. The van der Waals surface area contributed by atoms with Gasteiger partial charge in [-0.1, -0.05) is 127 Å². The summed E-state index contributed by atoms with van der Waals surface area (Å²) in [6.07, 6.45) is 0. The smallest absolute Gasteiger partial charge is 0.179 e. The Morgan fingerprint density at radius 1 is 0.282 bits per heavy atom. The van der Waals surface area contributed by atoms with Gasteiger partial charge in [0.25, 0.3) is 0 Å². The first-order chi connectivity index (χ1) is 19.3. The molecule has 0 amide bonds. The van der Waals surface area contributed by atoms with Gasteiger partial charge in [0.2, 0.25) is 0 Å². The highest BCUT2D eigenvalue weighted by atomic mass is 28.3. The molecular formula is C36H28O2Si. The molecule has 0 fully saturated rings. The quantitative estimate of drug-likeness (QED) is 0.165. The molecule has 0 aliphatic heterocycles. The molecule has 0 N–H and O–H groups in total. The maximum absolute atomic E-state index is 6.44. The highest BCUT2D eigenvalue weighted by Crippen LogP contribution is 2.29. The van der Waals surface area contributed by atoms with E-state index in [1.807, 2.05) is 66.7 Å². The summed E-state index contributed by atoms with van der Waals surface area (Å²) in [6, 6.07) is 58.8. The van der Waals surface area contributed by atoms with E-state index in [9.17, 15) is 0 Å². The largest absolute Gasteiger partial charge is 0.457 e. The highest BCUT2D eigenvalue weighted by Gasteiger charge is 2.42.